The van der Waals surface area contributed by atoms with Crippen LogP contribution in [0.5, 0.6) is 0 Å². The van der Waals surface area contributed by atoms with Crippen molar-refractivity contribution in [3.63, 3.8) is 0 Å². The van der Waals surface area contributed by atoms with Crippen LogP contribution >= 0.6 is 34.8 Å². The summed E-state index contributed by atoms with van der Waals surface area (Å²) < 4.78 is 0. The van der Waals surface area contributed by atoms with Crippen LogP contribution < -0.4 is 5.32 Å². The third-order valence-electron chi connectivity index (χ3n) is 3.96. The molecule has 0 radical (unpaired) electrons. The summed E-state index contributed by atoms with van der Waals surface area (Å²) in [6.07, 6.45) is 1.64. The Morgan fingerprint density at radius 2 is 1.73 bits per heavy atom. The lowest BCUT2D eigenvalue weighted by Crippen LogP contribution is -2.30. The number of aromatic nitrogens is 1. The van der Waals surface area contributed by atoms with Gasteiger partial charge in [-0.2, -0.15) is 0 Å². The van der Waals surface area contributed by atoms with Crippen molar-refractivity contribution in [1.29, 1.82) is 0 Å². The van der Waals surface area contributed by atoms with Gasteiger partial charge in [0.15, 0.2) is 0 Å². The van der Waals surface area contributed by atoms with Gasteiger partial charge >= 0.3 is 0 Å². The van der Waals surface area contributed by atoms with Gasteiger partial charge < -0.3 is 5.32 Å². The molecule has 1 heterocycles. The van der Waals surface area contributed by atoms with Gasteiger partial charge in [-0.15, -0.1) is 0 Å². The zero-order valence-electron chi connectivity index (χ0n) is 13.8. The highest BCUT2D eigenvalue weighted by atomic mass is 35.5. The maximum absolute atomic E-state index is 12.8. The first-order chi connectivity index (χ1) is 12.5. The number of amides is 1. The maximum atomic E-state index is 12.8. The predicted molar refractivity (Wildman–Crippen MR) is 106 cm³/mol. The molecule has 2 aromatic carbocycles. The fraction of sp³-hybridized carbons (Fsp3) is 0.100. The van der Waals surface area contributed by atoms with Crippen molar-refractivity contribution in [2.45, 2.75) is 13.0 Å². The number of carbonyl (C=O) groups excluding carboxylic acids is 1. The first-order valence-corrected chi connectivity index (χ1v) is 9.02. The van der Waals surface area contributed by atoms with Crippen LogP contribution in [0, 0.1) is 6.92 Å². The number of nitrogens with zero attached hydrogens (tertiary/aromatic N) is 1. The van der Waals surface area contributed by atoms with E-state index in [1.54, 1.807) is 48.7 Å². The lowest BCUT2D eigenvalue weighted by Gasteiger charge is -2.20. The predicted octanol–water partition coefficient (Wildman–Crippen LogP) is 5.87. The quantitative estimate of drug-likeness (QED) is 0.590. The molecule has 1 N–H and O–H groups in total. The average molecular weight is 406 g/mol. The molecule has 0 saturated heterocycles. The van der Waals surface area contributed by atoms with Crippen molar-refractivity contribution in [3.8, 4) is 0 Å². The lowest BCUT2D eigenvalue weighted by molar-refractivity contribution is 0.0942. The summed E-state index contributed by atoms with van der Waals surface area (Å²) in [4.78, 5) is 17.1. The lowest BCUT2D eigenvalue weighted by atomic mass is 10.0. The molecule has 0 aliphatic rings. The van der Waals surface area contributed by atoms with Gasteiger partial charge in [-0.3, -0.25) is 9.78 Å². The highest BCUT2D eigenvalue weighted by Gasteiger charge is 2.21. The van der Waals surface area contributed by atoms with Gasteiger partial charge in [-0.05, 0) is 60.5 Å². The van der Waals surface area contributed by atoms with Gasteiger partial charge in [0.2, 0.25) is 0 Å². The number of benzene rings is 2. The van der Waals surface area contributed by atoms with Crippen molar-refractivity contribution < 1.29 is 4.79 Å². The second-order valence-corrected chi connectivity index (χ2v) is 7.04. The zero-order chi connectivity index (χ0) is 18.7. The molecule has 0 aliphatic carbocycles. The van der Waals surface area contributed by atoms with Crippen LogP contribution in [-0.2, 0) is 0 Å². The molecule has 3 nitrogen and oxygen atoms in total. The number of hydrogen-bond donors (Lipinski definition) is 1. The first-order valence-electron chi connectivity index (χ1n) is 7.88. The van der Waals surface area contributed by atoms with E-state index in [0.717, 1.165) is 11.1 Å². The van der Waals surface area contributed by atoms with Crippen LogP contribution in [0.4, 0.5) is 0 Å². The molecule has 3 aromatic rings. The summed E-state index contributed by atoms with van der Waals surface area (Å²) in [5, 5.41) is 4.70. The molecule has 0 spiro atoms. The Kier molecular flexibility index (Phi) is 5.82. The van der Waals surface area contributed by atoms with E-state index in [-0.39, 0.29) is 5.91 Å². The van der Waals surface area contributed by atoms with Crippen molar-refractivity contribution in [1.82, 2.24) is 10.3 Å². The summed E-state index contributed by atoms with van der Waals surface area (Å²) in [7, 11) is 0. The Bertz CT molecular complexity index is 942. The second kappa shape index (κ2) is 8.09. The van der Waals surface area contributed by atoms with Crippen LogP contribution in [-0.4, -0.2) is 10.9 Å². The van der Waals surface area contributed by atoms with Crippen LogP contribution in [0.15, 0.2) is 60.8 Å². The van der Waals surface area contributed by atoms with Gasteiger partial charge in [-0.25, -0.2) is 0 Å². The number of carbonyl (C=O) groups is 1. The van der Waals surface area contributed by atoms with Gasteiger partial charge in [0.25, 0.3) is 5.91 Å². The van der Waals surface area contributed by atoms with Gasteiger partial charge in [0.1, 0.15) is 0 Å². The minimum Gasteiger partial charge on any atom is -0.339 e. The summed E-state index contributed by atoms with van der Waals surface area (Å²) in [6.45, 7) is 1.85. The van der Waals surface area contributed by atoms with Crippen LogP contribution in [0.2, 0.25) is 15.1 Å². The van der Waals surface area contributed by atoms with E-state index in [1.165, 1.54) is 0 Å². The fourth-order valence-electron chi connectivity index (χ4n) is 2.58. The first kappa shape index (κ1) is 18.7. The van der Waals surface area contributed by atoms with E-state index < -0.39 is 6.04 Å². The van der Waals surface area contributed by atoms with Crippen molar-refractivity contribution >= 4 is 40.7 Å². The van der Waals surface area contributed by atoms with Crippen molar-refractivity contribution in [3.05, 3.63) is 98.2 Å². The van der Waals surface area contributed by atoms with Crippen LogP contribution in [0.25, 0.3) is 0 Å². The van der Waals surface area contributed by atoms with Gasteiger partial charge in [0, 0.05) is 21.8 Å². The third kappa shape index (κ3) is 4.18. The monoisotopic (exact) mass is 404 g/mol. The SMILES string of the molecule is Cc1cc(C(=O)NC(c2ccc(Cl)cc2)c2ncccc2Cl)ccc1Cl. The fourth-order valence-corrected chi connectivity index (χ4v) is 3.05. The smallest absolute Gasteiger partial charge is 0.252 e. The van der Waals surface area contributed by atoms with E-state index >= 15 is 0 Å². The molecule has 3 rings (SSSR count). The molecule has 1 amide bonds. The summed E-state index contributed by atoms with van der Waals surface area (Å²) >= 11 is 18.4. The number of rotatable bonds is 4. The molecule has 0 fully saturated rings. The highest BCUT2D eigenvalue weighted by Crippen LogP contribution is 2.28. The number of hydrogen-bond acceptors (Lipinski definition) is 2. The van der Waals surface area contributed by atoms with Crippen LogP contribution in [0.1, 0.15) is 33.2 Å². The largest absolute Gasteiger partial charge is 0.339 e. The number of aryl methyl sites for hydroxylation is 1. The third-order valence-corrected chi connectivity index (χ3v) is 4.95. The molecular weight excluding hydrogens is 391 g/mol. The van der Waals surface area contributed by atoms with E-state index in [0.29, 0.717) is 26.3 Å². The van der Waals surface area contributed by atoms with E-state index in [9.17, 15) is 4.79 Å². The Morgan fingerprint density at radius 3 is 2.38 bits per heavy atom. The minimum absolute atomic E-state index is 0.244. The van der Waals surface area contributed by atoms with Gasteiger partial charge in [0.05, 0.1) is 16.8 Å². The summed E-state index contributed by atoms with van der Waals surface area (Å²) in [5.74, 6) is -0.244. The number of pyridine rings is 1. The standard InChI is InChI=1S/C20H15Cl3N2O/c1-12-11-14(6-9-16(12)22)20(26)25-18(13-4-7-15(21)8-5-13)19-17(23)3-2-10-24-19/h2-11,18H,1H3,(H,25,26). The number of halogens is 3. The molecule has 1 aromatic heterocycles. The molecule has 132 valence electrons. The minimum atomic E-state index is -0.510. The molecule has 1 atom stereocenters. The van der Waals surface area contributed by atoms with E-state index in [4.69, 9.17) is 34.8 Å². The summed E-state index contributed by atoms with van der Waals surface area (Å²) in [6, 6.07) is 15.3. The topological polar surface area (TPSA) is 42.0 Å². The zero-order valence-corrected chi connectivity index (χ0v) is 16.1. The Morgan fingerprint density at radius 1 is 1.00 bits per heavy atom. The maximum Gasteiger partial charge on any atom is 0.252 e. The second-order valence-electron chi connectivity index (χ2n) is 5.79. The van der Waals surface area contributed by atoms with E-state index in [1.807, 2.05) is 19.1 Å². The normalized spacial score (nSPS) is 11.8. The Labute approximate surface area is 166 Å². The Balaban J connectivity index is 1.98. The molecule has 0 bridgehead atoms. The molecule has 6 heteroatoms. The van der Waals surface area contributed by atoms with E-state index in [2.05, 4.69) is 10.3 Å². The highest BCUT2D eigenvalue weighted by molar-refractivity contribution is 6.32. The van der Waals surface area contributed by atoms with Gasteiger partial charge in [-0.1, -0.05) is 46.9 Å². The molecule has 0 aliphatic heterocycles. The Hall–Kier alpha value is -2.07. The average Bonchev–Trinajstić information content (AvgIpc) is 2.63. The van der Waals surface area contributed by atoms with Crippen LogP contribution in [0.3, 0.4) is 0 Å². The van der Waals surface area contributed by atoms with Crippen molar-refractivity contribution in [2.75, 3.05) is 0 Å². The molecule has 26 heavy (non-hydrogen) atoms. The molecule has 0 saturated carbocycles. The number of nitrogens with one attached hydrogen (secondary N) is 1. The molecule has 1 unspecified atom stereocenters. The van der Waals surface area contributed by atoms with Crippen molar-refractivity contribution in [2.24, 2.45) is 0 Å². The summed E-state index contributed by atoms with van der Waals surface area (Å²) in [5.41, 5.74) is 2.74. The molecular formula is C20H15Cl3N2O.